The quantitative estimate of drug-likeness (QED) is 0.865. The number of amides is 4. The predicted molar refractivity (Wildman–Crippen MR) is 80.5 cm³/mol. The zero-order valence-electron chi connectivity index (χ0n) is 11.6. The van der Waals surface area contributed by atoms with E-state index < -0.39 is 23.3 Å². The summed E-state index contributed by atoms with van der Waals surface area (Å²) in [5.41, 5.74) is -1.00. The SMILES string of the molecule is CCC1(CC)C(=O)NC(=O)N(c2cc(Cl)cc(Cl)c2)C1=O. The molecule has 7 heteroatoms. The van der Waals surface area contributed by atoms with Gasteiger partial charge >= 0.3 is 6.03 Å². The second kappa shape index (κ2) is 5.66. The Morgan fingerprint density at radius 2 is 1.57 bits per heavy atom. The number of anilines is 1. The number of hydrogen-bond acceptors (Lipinski definition) is 3. The second-order valence-electron chi connectivity index (χ2n) is 4.82. The molecule has 2 rings (SSSR count). The van der Waals surface area contributed by atoms with Crippen LogP contribution in [0.25, 0.3) is 0 Å². The molecule has 0 spiro atoms. The minimum absolute atomic E-state index is 0.244. The molecule has 1 aliphatic rings. The number of hydrogen-bond donors (Lipinski definition) is 1. The highest BCUT2D eigenvalue weighted by Crippen LogP contribution is 2.36. The van der Waals surface area contributed by atoms with Crippen LogP contribution in [0, 0.1) is 5.41 Å². The number of nitrogens with one attached hydrogen (secondary N) is 1. The molecule has 1 saturated heterocycles. The summed E-state index contributed by atoms with van der Waals surface area (Å²) < 4.78 is 0. The molecule has 0 aliphatic carbocycles. The van der Waals surface area contributed by atoms with Crippen molar-refractivity contribution in [1.29, 1.82) is 0 Å². The number of rotatable bonds is 3. The maximum absolute atomic E-state index is 12.7. The highest BCUT2D eigenvalue weighted by molar-refractivity contribution is 6.36. The van der Waals surface area contributed by atoms with Gasteiger partial charge in [-0.2, -0.15) is 0 Å². The van der Waals surface area contributed by atoms with Gasteiger partial charge in [0, 0.05) is 10.0 Å². The van der Waals surface area contributed by atoms with Gasteiger partial charge in [-0.25, -0.2) is 9.69 Å². The fourth-order valence-electron chi connectivity index (χ4n) is 2.45. The van der Waals surface area contributed by atoms with Crippen molar-refractivity contribution in [3.8, 4) is 0 Å². The molecule has 1 heterocycles. The molecular weight excluding hydrogens is 315 g/mol. The normalized spacial score (nSPS) is 17.9. The van der Waals surface area contributed by atoms with Crippen molar-refractivity contribution >= 4 is 46.7 Å². The maximum atomic E-state index is 12.7. The lowest BCUT2D eigenvalue weighted by molar-refractivity contribution is -0.143. The van der Waals surface area contributed by atoms with Gasteiger partial charge in [-0.3, -0.25) is 14.9 Å². The first-order valence-electron chi connectivity index (χ1n) is 6.51. The topological polar surface area (TPSA) is 66.5 Å². The standard InChI is InChI=1S/C14H14Cl2N2O3/c1-3-14(4-2)11(19)17-13(21)18(12(14)20)10-6-8(15)5-9(16)7-10/h5-7H,3-4H2,1-2H3,(H,17,19,21). The molecule has 1 aliphatic heterocycles. The Balaban J connectivity index is 2.54. The lowest BCUT2D eigenvalue weighted by Crippen LogP contribution is -2.63. The summed E-state index contributed by atoms with van der Waals surface area (Å²) in [6, 6.07) is 3.62. The number of barbiturate groups is 1. The first kappa shape index (κ1) is 15.8. The predicted octanol–water partition coefficient (Wildman–Crippen LogP) is 3.38. The Morgan fingerprint density at radius 1 is 1.05 bits per heavy atom. The number of halogens is 2. The monoisotopic (exact) mass is 328 g/mol. The molecule has 1 N–H and O–H groups in total. The van der Waals surface area contributed by atoms with Crippen LogP contribution < -0.4 is 10.2 Å². The highest BCUT2D eigenvalue weighted by atomic mass is 35.5. The molecule has 1 aromatic carbocycles. The van der Waals surface area contributed by atoms with Gasteiger partial charge in [-0.15, -0.1) is 0 Å². The Hall–Kier alpha value is -1.59. The number of nitrogens with zero attached hydrogens (tertiary/aromatic N) is 1. The number of urea groups is 1. The Morgan fingerprint density at radius 3 is 2.05 bits per heavy atom. The fourth-order valence-corrected chi connectivity index (χ4v) is 2.97. The molecule has 4 amide bonds. The molecule has 0 atom stereocenters. The van der Waals surface area contributed by atoms with Crippen LogP contribution in [0.2, 0.25) is 10.0 Å². The first-order chi connectivity index (χ1) is 9.85. The summed E-state index contributed by atoms with van der Waals surface area (Å²) in [4.78, 5) is 37.8. The number of benzene rings is 1. The van der Waals surface area contributed by atoms with Crippen LogP contribution in [0.5, 0.6) is 0 Å². The summed E-state index contributed by atoms with van der Waals surface area (Å²) in [5, 5.41) is 2.83. The molecule has 0 unspecified atom stereocenters. The third-order valence-electron chi connectivity index (χ3n) is 3.78. The van der Waals surface area contributed by atoms with Crippen molar-refractivity contribution in [2.24, 2.45) is 5.41 Å². The van der Waals surface area contributed by atoms with Crippen molar-refractivity contribution in [1.82, 2.24) is 5.32 Å². The summed E-state index contributed by atoms with van der Waals surface area (Å²) in [6.07, 6.45) is 0.596. The van der Waals surface area contributed by atoms with Gasteiger partial charge in [0.15, 0.2) is 0 Å². The van der Waals surface area contributed by atoms with Crippen LogP contribution in [0.3, 0.4) is 0 Å². The van der Waals surface area contributed by atoms with Crippen LogP contribution in [0.1, 0.15) is 26.7 Å². The first-order valence-corrected chi connectivity index (χ1v) is 7.27. The van der Waals surface area contributed by atoms with Crippen LogP contribution in [-0.4, -0.2) is 17.8 Å². The van der Waals surface area contributed by atoms with Gasteiger partial charge in [0.1, 0.15) is 5.41 Å². The molecule has 0 bridgehead atoms. The van der Waals surface area contributed by atoms with Crippen LogP contribution in [0.15, 0.2) is 18.2 Å². The summed E-state index contributed by atoms with van der Waals surface area (Å²) in [5.74, 6) is -1.12. The minimum atomic E-state index is -1.25. The van der Waals surface area contributed by atoms with E-state index in [0.29, 0.717) is 22.9 Å². The number of imide groups is 2. The third kappa shape index (κ3) is 2.51. The van der Waals surface area contributed by atoms with E-state index >= 15 is 0 Å². The highest BCUT2D eigenvalue weighted by Gasteiger charge is 2.51. The van der Waals surface area contributed by atoms with Crippen molar-refractivity contribution < 1.29 is 14.4 Å². The van der Waals surface area contributed by atoms with E-state index in [1.165, 1.54) is 18.2 Å². The number of carbonyl (C=O) groups excluding carboxylic acids is 3. The molecule has 0 saturated carbocycles. The van der Waals surface area contributed by atoms with Crippen molar-refractivity contribution in [3.05, 3.63) is 28.2 Å². The fraction of sp³-hybridized carbons (Fsp3) is 0.357. The zero-order chi connectivity index (χ0) is 15.8. The van der Waals surface area contributed by atoms with E-state index in [0.717, 1.165) is 4.90 Å². The van der Waals surface area contributed by atoms with Crippen molar-refractivity contribution in [2.45, 2.75) is 26.7 Å². The van der Waals surface area contributed by atoms with Crippen molar-refractivity contribution in [3.63, 3.8) is 0 Å². The molecule has 21 heavy (non-hydrogen) atoms. The zero-order valence-corrected chi connectivity index (χ0v) is 13.1. The van der Waals surface area contributed by atoms with Crippen molar-refractivity contribution in [2.75, 3.05) is 4.90 Å². The molecule has 0 aromatic heterocycles. The van der Waals surface area contributed by atoms with E-state index in [2.05, 4.69) is 5.32 Å². The van der Waals surface area contributed by atoms with E-state index in [4.69, 9.17) is 23.2 Å². The molecule has 112 valence electrons. The van der Waals surface area contributed by atoms with Crippen LogP contribution >= 0.6 is 23.2 Å². The molecular formula is C14H14Cl2N2O3. The Labute approximate surface area is 132 Å². The average Bonchev–Trinajstić information content (AvgIpc) is 2.38. The van der Waals surface area contributed by atoms with Gasteiger partial charge in [-0.05, 0) is 31.0 Å². The van der Waals surface area contributed by atoms with Crippen LogP contribution in [-0.2, 0) is 9.59 Å². The largest absolute Gasteiger partial charge is 0.335 e. The smallest absolute Gasteiger partial charge is 0.276 e. The van der Waals surface area contributed by atoms with Gasteiger partial charge in [0.25, 0.3) is 5.91 Å². The third-order valence-corrected chi connectivity index (χ3v) is 4.22. The van der Waals surface area contributed by atoms with E-state index in [1.54, 1.807) is 13.8 Å². The Kier molecular flexibility index (Phi) is 4.25. The lowest BCUT2D eigenvalue weighted by Gasteiger charge is -2.38. The summed E-state index contributed by atoms with van der Waals surface area (Å²) in [6.45, 7) is 3.47. The number of carbonyl (C=O) groups is 3. The Bertz CT molecular complexity index is 606. The van der Waals surface area contributed by atoms with E-state index in [-0.39, 0.29) is 5.69 Å². The van der Waals surface area contributed by atoms with Crippen LogP contribution in [0.4, 0.5) is 10.5 Å². The second-order valence-corrected chi connectivity index (χ2v) is 5.69. The van der Waals surface area contributed by atoms with Gasteiger partial charge in [0.05, 0.1) is 5.69 Å². The lowest BCUT2D eigenvalue weighted by atomic mass is 9.78. The average molecular weight is 329 g/mol. The van der Waals surface area contributed by atoms with Gasteiger partial charge in [-0.1, -0.05) is 37.0 Å². The van der Waals surface area contributed by atoms with E-state index in [1.807, 2.05) is 0 Å². The molecule has 0 radical (unpaired) electrons. The van der Waals surface area contributed by atoms with E-state index in [9.17, 15) is 14.4 Å². The van der Waals surface area contributed by atoms with Gasteiger partial charge < -0.3 is 0 Å². The molecule has 5 nitrogen and oxygen atoms in total. The molecule has 1 aromatic rings. The maximum Gasteiger partial charge on any atom is 0.335 e. The van der Waals surface area contributed by atoms with Gasteiger partial charge in [0.2, 0.25) is 5.91 Å². The summed E-state index contributed by atoms with van der Waals surface area (Å²) >= 11 is 11.8. The molecule has 1 fully saturated rings. The summed E-state index contributed by atoms with van der Waals surface area (Å²) in [7, 11) is 0. The minimum Gasteiger partial charge on any atom is -0.276 e.